The molecule has 114 heavy (non-hydrogen) atoms. The van der Waals surface area contributed by atoms with Crippen molar-refractivity contribution in [2.45, 2.75) is 68.0 Å². The Bertz CT molecular complexity index is 6260. The summed E-state index contributed by atoms with van der Waals surface area (Å²) in [5.74, 6) is -1.91. The zero-order chi connectivity index (χ0) is 77.3. The molecule has 20 rings (SSSR count). The molecule has 0 amide bonds. The van der Waals surface area contributed by atoms with Crippen molar-refractivity contribution in [3.05, 3.63) is 369 Å². The summed E-state index contributed by atoms with van der Waals surface area (Å²) in [4.78, 5) is 65.2. The molecule has 546 valence electrons. The van der Waals surface area contributed by atoms with Crippen molar-refractivity contribution in [3.63, 3.8) is 0 Å². The quantitative estimate of drug-likeness (QED) is 0.0401. The van der Waals surface area contributed by atoms with Crippen molar-refractivity contribution in [2.24, 2.45) is 0 Å². The van der Waals surface area contributed by atoms with Gasteiger partial charge in [0.1, 0.15) is 26.4 Å². The summed E-state index contributed by atoms with van der Waals surface area (Å²) in [6.07, 6.45) is 0. The highest BCUT2D eigenvalue weighted by atomic mass is 16.5. The van der Waals surface area contributed by atoms with Crippen LogP contribution in [0.3, 0.4) is 0 Å². The average Bonchev–Trinajstić information content (AvgIpc) is 0.662. The Morgan fingerprint density at radius 1 is 0.272 bits per heavy atom. The molecule has 0 saturated carbocycles. The van der Waals surface area contributed by atoms with Crippen LogP contribution in [0.5, 0.6) is 0 Å². The topological polar surface area (TPSA) is 112 Å². The number of para-hydroxylation sites is 2. The standard InChI is InChI=1S/C102H74B2N2O8/c1-59-41-61(3)91(62(4)42-59)75-51-77-81-45-71(101(109)113-57-67-29-17-9-18-30-67)49-89-97(81)104(84-40-38-70(100(108)112-56-66-27-15-8-16-28-66)48-88(84)105(89)73-33-21-11-22-34-73)86-54-80-76(92-63(5)43-60(2)44-64(92)6)52-78-82-46-72(102(110)114-58-68-31-19-10-20-32-68)50-90-98(82)103(85-53-79(75)95(93(77)86)96(80)94(78)85)83-39-37-69(99(107)111-55-65-25-13-7-14-26-65)47-87(83)106(90)74-35-23-12-24-36-74/h7-54H,55-58H2,1-6H3. The van der Waals surface area contributed by atoms with Crippen molar-refractivity contribution < 1.29 is 38.1 Å². The first-order chi connectivity index (χ1) is 55.7. The van der Waals surface area contributed by atoms with Crippen LogP contribution in [-0.4, -0.2) is 37.3 Å². The van der Waals surface area contributed by atoms with E-state index in [9.17, 15) is 9.59 Å². The number of benzene rings is 16. The fourth-order valence-electron chi connectivity index (χ4n) is 19.1. The van der Waals surface area contributed by atoms with E-state index in [1.807, 2.05) is 194 Å². The molecule has 0 unspecified atom stereocenters. The summed E-state index contributed by atoms with van der Waals surface area (Å²) in [5, 5.41) is 6.24. The normalized spacial score (nSPS) is 12.5. The lowest BCUT2D eigenvalue weighted by atomic mass is 9.31. The van der Waals surface area contributed by atoms with Crippen LogP contribution >= 0.6 is 0 Å². The van der Waals surface area contributed by atoms with E-state index in [0.29, 0.717) is 22.3 Å². The highest BCUT2D eigenvalue weighted by Crippen LogP contribution is 2.54. The molecule has 0 N–H and O–H groups in total. The second-order valence-electron chi connectivity index (χ2n) is 30.9. The molecule has 16 aromatic carbocycles. The molecule has 0 aromatic heterocycles. The molecule has 10 nitrogen and oxygen atoms in total. The summed E-state index contributed by atoms with van der Waals surface area (Å²) in [6, 6.07) is 98.4. The maximum Gasteiger partial charge on any atom is 0.338 e. The molecule has 0 bridgehead atoms. The molecule has 0 atom stereocenters. The first-order valence-corrected chi connectivity index (χ1v) is 38.9. The summed E-state index contributed by atoms with van der Waals surface area (Å²) in [5.41, 5.74) is 30.4. The van der Waals surface area contributed by atoms with Crippen LogP contribution < -0.4 is 42.6 Å². The van der Waals surface area contributed by atoms with Crippen LogP contribution in [0.2, 0.25) is 0 Å². The van der Waals surface area contributed by atoms with Crippen LogP contribution in [0.15, 0.2) is 291 Å². The smallest absolute Gasteiger partial charge is 0.338 e. The third kappa shape index (κ3) is 11.5. The van der Waals surface area contributed by atoms with Crippen molar-refractivity contribution in [1.82, 2.24) is 0 Å². The van der Waals surface area contributed by atoms with E-state index >= 15 is 9.59 Å². The lowest BCUT2D eigenvalue weighted by Crippen LogP contribution is -2.60. The van der Waals surface area contributed by atoms with Crippen LogP contribution in [-0.2, 0) is 45.4 Å². The van der Waals surface area contributed by atoms with E-state index in [1.54, 1.807) is 0 Å². The number of carbonyl (C=O) groups is 4. The number of nitrogens with zero attached hydrogens (tertiary/aromatic N) is 2. The van der Waals surface area contributed by atoms with Gasteiger partial charge in [0.2, 0.25) is 13.4 Å². The third-order valence-corrected chi connectivity index (χ3v) is 23.6. The molecular formula is C102H74B2N2O8. The van der Waals surface area contributed by atoms with Gasteiger partial charge in [-0.1, -0.05) is 228 Å². The molecule has 0 aliphatic carbocycles. The largest absolute Gasteiger partial charge is 0.457 e. The minimum absolute atomic E-state index is 0.0551. The van der Waals surface area contributed by atoms with Crippen molar-refractivity contribution >= 4 is 137 Å². The lowest BCUT2D eigenvalue weighted by molar-refractivity contribution is 0.0464. The predicted octanol–water partition coefficient (Wildman–Crippen LogP) is 19.8. The molecule has 4 heterocycles. The fourth-order valence-corrected chi connectivity index (χ4v) is 19.1. The molecule has 0 fully saturated rings. The minimum atomic E-state index is -0.489. The molecule has 4 aliphatic rings. The Balaban J connectivity index is 0.928. The van der Waals surface area contributed by atoms with Crippen LogP contribution in [0.1, 0.15) is 97.1 Å². The number of carbonyl (C=O) groups excluding carboxylic acids is 4. The molecule has 0 saturated heterocycles. The molecule has 0 spiro atoms. The number of esters is 4. The summed E-state index contributed by atoms with van der Waals surface area (Å²) in [7, 11) is 0. The van der Waals surface area contributed by atoms with E-state index in [1.165, 1.54) is 0 Å². The number of rotatable bonds is 16. The second-order valence-corrected chi connectivity index (χ2v) is 30.9. The summed E-state index contributed by atoms with van der Waals surface area (Å²) >= 11 is 0. The van der Waals surface area contributed by atoms with Gasteiger partial charge in [0.05, 0.1) is 22.3 Å². The predicted molar refractivity (Wildman–Crippen MR) is 461 cm³/mol. The highest BCUT2D eigenvalue weighted by molar-refractivity contribution is 7.02. The van der Waals surface area contributed by atoms with E-state index in [-0.39, 0.29) is 26.4 Å². The Kier molecular flexibility index (Phi) is 16.8. The van der Waals surface area contributed by atoms with E-state index in [0.717, 1.165) is 199 Å². The molecule has 4 aliphatic heterocycles. The molecule has 16 aromatic rings. The molecule has 0 radical (unpaired) electrons. The van der Waals surface area contributed by atoms with Crippen LogP contribution in [0, 0.1) is 41.5 Å². The Hall–Kier alpha value is -13.8. The van der Waals surface area contributed by atoms with Crippen LogP contribution in [0.25, 0.3) is 76.8 Å². The van der Waals surface area contributed by atoms with E-state index in [4.69, 9.17) is 18.9 Å². The highest BCUT2D eigenvalue weighted by Gasteiger charge is 2.47. The summed E-state index contributed by atoms with van der Waals surface area (Å²) in [6.45, 7) is 12.5. The zero-order valence-corrected chi connectivity index (χ0v) is 63.9. The van der Waals surface area contributed by atoms with Gasteiger partial charge in [-0.2, -0.15) is 0 Å². The third-order valence-electron chi connectivity index (χ3n) is 23.6. The SMILES string of the molecule is Cc1cc(C)c(-c2cc3c4c(cc5c(-c6c(C)cc(C)cc6C)cc6c7c(cc2c4c57)B2c4ccc(C(=O)OCc5ccccc5)cc4N(c4ccccc4)c4cc(C(=O)OCc5ccccc5)cc-6c42)B2c4ccc(C(=O)OCc5ccccc5)cc4N(c4ccccc4)c4cc(C(=O)OCc5ccccc5)cc-3c42)c(C)c1. The Labute approximate surface area is 661 Å². The summed E-state index contributed by atoms with van der Waals surface area (Å²) < 4.78 is 25.2. The number of hydrogen-bond acceptors (Lipinski definition) is 10. The van der Waals surface area contributed by atoms with Gasteiger partial charge in [0.25, 0.3) is 0 Å². The number of anilines is 6. The Morgan fingerprint density at radius 3 is 0.895 bits per heavy atom. The lowest BCUT2D eigenvalue weighted by Gasteiger charge is -2.42. The van der Waals surface area contributed by atoms with Crippen molar-refractivity contribution in [2.75, 3.05) is 9.80 Å². The van der Waals surface area contributed by atoms with Crippen molar-refractivity contribution in [3.8, 4) is 44.5 Å². The van der Waals surface area contributed by atoms with Gasteiger partial charge in [-0.25, -0.2) is 19.2 Å². The van der Waals surface area contributed by atoms with E-state index in [2.05, 4.69) is 148 Å². The molecular weight excluding hydrogens is 1400 g/mol. The Morgan fingerprint density at radius 2 is 0.570 bits per heavy atom. The minimum Gasteiger partial charge on any atom is -0.457 e. The number of fused-ring (bicyclic) bond motifs is 8. The van der Waals surface area contributed by atoms with Gasteiger partial charge in [-0.15, -0.1) is 0 Å². The van der Waals surface area contributed by atoms with Gasteiger partial charge < -0.3 is 28.7 Å². The second kappa shape index (κ2) is 27.6. The first-order valence-electron chi connectivity index (χ1n) is 38.9. The first kappa shape index (κ1) is 69.4. The van der Waals surface area contributed by atoms with Crippen LogP contribution in [0.4, 0.5) is 34.1 Å². The van der Waals surface area contributed by atoms with E-state index < -0.39 is 37.3 Å². The van der Waals surface area contributed by atoms with Gasteiger partial charge >= 0.3 is 23.9 Å². The average molecular weight is 1480 g/mol. The van der Waals surface area contributed by atoms with Gasteiger partial charge in [0.15, 0.2) is 0 Å². The zero-order valence-electron chi connectivity index (χ0n) is 63.9. The molecule has 12 heteroatoms. The number of ether oxygens (including phenoxy) is 4. The maximum atomic E-state index is 15.5. The number of aryl methyl sites for hydroxylation is 6. The van der Waals surface area contributed by atoms with Gasteiger partial charge in [0, 0.05) is 34.1 Å². The fraction of sp³-hybridized carbons (Fsp3) is 0.0980. The van der Waals surface area contributed by atoms with Crippen molar-refractivity contribution in [1.29, 1.82) is 0 Å². The van der Waals surface area contributed by atoms with Gasteiger partial charge in [-0.05, 0) is 270 Å². The van der Waals surface area contributed by atoms with Gasteiger partial charge in [-0.3, -0.25) is 0 Å². The maximum absolute atomic E-state index is 15.5. The number of hydrogen-bond donors (Lipinski definition) is 0. The monoisotopic (exact) mass is 1480 g/mol.